The number of benzene rings is 1. The molecular weight excluding hydrogens is 322 g/mol. The topological polar surface area (TPSA) is 62.0 Å². The van der Waals surface area contributed by atoms with E-state index in [1.807, 2.05) is 61.9 Å². The molecule has 24 heavy (non-hydrogen) atoms. The molecule has 0 saturated heterocycles. The second-order valence-electron chi connectivity index (χ2n) is 5.74. The third kappa shape index (κ3) is 3.52. The third-order valence-electron chi connectivity index (χ3n) is 3.36. The summed E-state index contributed by atoms with van der Waals surface area (Å²) in [5, 5.41) is 4.10. The van der Waals surface area contributed by atoms with Gasteiger partial charge in [-0.15, -0.1) is 11.3 Å². The van der Waals surface area contributed by atoms with Crippen LogP contribution in [0.1, 0.15) is 10.6 Å². The van der Waals surface area contributed by atoms with Crippen molar-refractivity contribution >= 4 is 28.4 Å². The molecule has 124 valence electrons. The van der Waals surface area contributed by atoms with Gasteiger partial charge in [0.05, 0.1) is 24.1 Å². The molecule has 3 aromatic rings. The summed E-state index contributed by atoms with van der Waals surface area (Å²) in [5.41, 5.74) is 5.28. The zero-order valence-electron chi connectivity index (χ0n) is 13.9. The van der Waals surface area contributed by atoms with Crippen molar-refractivity contribution in [2.24, 2.45) is 5.10 Å². The van der Waals surface area contributed by atoms with Gasteiger partial charge in [0, 0.05) is 16.6 Å². The monoisotopic (exact) mass is 341 g/mol. The lowest BCUT2D eigenvalue weighted by atomic mass is 10.1. The molecule has 0 spiro atoms. The van der Waals surface area contributed by atoms with Gasteiger partial charge in [0.15, 0.2) is 4.96 Å². The predicted octanol–water partition coefficient (Wildman–Crippen LogP) is 2.38. The van der Waals surface area contributed by atoms with Gasteiger partial charge in [-0.2, -0.15) is 5.10 Å². The highest BCUT2D eigenvalue weighted by molar-refractivity contribution is 7.17. The molecule has 0 bridgehead atoms. The van der Waals surface area contributed by atoms with E-state index in [-0.39, 0.29) is 5.91 Å². The minimum atomic E-state index is -0.153. The lowest BCUT2D eigenvalue weighted by Crippen LogP contribution is -2.30. The molecule has 0 aliphatic rings. The second-order valence-corrected chi connectivity index (χ2v) is 6.95. The van der Waals surface area contributed by atoms with Crippen LogP contribution in [0, 0.1) is 6.92 Å². The van der Waals surface area contributed by atoms with Crippen molar-refractivity contribution < 1.29 is 4.79 Å². The van der Waals surface area contributed by atoms with E-state index in [4.69, 9.17) is 4.98 Å². The fourth-order valence-corrected chi connectivity index (χ4v) is 3.23. The van der Waals surface area contributed by atoms with Gasteiger partial charge in [0.1, 0.15) is 0 Å². The summed E-state index contributed by atoms with van der Waals surface area (Å²) >= 11 is 1.63. The Morgan fingerprint density at radius 1 is 1.38 bits per heavy atom. The lowest BCUT2D eigenvalue weighted by molar-refractivity contribution is -0.121. The zero-order valence-corrected chi connectivity index (χ0v) is 14.7. The molecule has 1 aromatic carbocycles. The van der Waals surface area contributed by atoms with Crippen molar-refractivity contribution in [1.82, 2.24) is 19.7 Å². The molecule has 0 fully saturated rings. The van der Waals surface area contributed by atoms with Crippen molar-refractivity contribution in [3.8, 4) is 11.3 Å². The van der Waals surface area contributed by atoms with Crippen LogP contribution in [0.25, 0.3) is 16.2 Å². The Hall–Kier alpha value is -2.51. The molecule has 3 rings (SSSR count). The van der Waals surface area contributed by atoms with Gasteiger partial charge in [-0.25, -0.2) is 10.4 Å². The first-order valence-corrected chi connectivity index (χ1v) is 8.37. The van der Waals surface area contributed by atoms with Crippen molar-refractivity contribution in [2.45, 2.75) is 6.92 Å². The van der Waals surface area contributed by atoms with Crippen molar-refractivity contribution in [1.29, 1.82) is 0 Å². The van der Waals surface area contributed by atoms with E-state index >= 15 is 0 Å². The number of aryl methyl sites for hydroxylation is 1. The van der Waals surface area contributed by atoms with Crippen molar-refractivity contribution in [3.05, 3.63) is 47.1 Å². The molecule has 0 radical (unpaired) electrons. The Kier molecular flexibility index (Phi) is 4.73. The largest absolute Gasteiger partial charge is 0.301 e. The molecule has 0 unspecified atom stereocenters. The first-order valence-electron chi connectivity index (χ1n) is 7.55. The minimum absolute atomic E-state index is 0.153. The zero-order chi connectivity index (χ0) is 17.1. The molecule has 2 aromatic heterocycles. The highest BCUT2D eigenvalue weighted by Gasteiger charge is 2.14. The van der Waals surface area contributed by atoms with Gasteiger partial charge in [-0.05, 0) is 21.0 Å². The first-order chi connectivity index (χ1) is 11.5. The minimum Gasteiger partial charge on any atom is -0.301 e. The van der Waals surface area contributed by atoms with E-state index in [0.29, 0.717) is 6.54 Å². The average molecular weight is 341 g/mol. The number of carbonyl (C=O) groups excluding carboxylic acids is 1. The van der Waals surface area contributed by atoms with Crippen LogP contribution in [0.4, 0.5) is 0 Å². The van der Waals surface area contributed by atoms with E-state index < -0.39 is 0 Å². The van der Waals surface area contributed by atoms with Gasteiger partial charge < -0.3 is 4.90 Å². The molecule has 0 aliphatic heterocycles. The molecule has 0 atom stereocenters. The van der Waals surface area contributed by atoms with Gasteiger partial charge >= 0.3 is 0 Å². The molecular formula is C17H19N5OS. The SMILES string of the molecule is Cc1cn2c(C=NNC(=O)CN(C)C)c(-c3ccccc3)nc2s1. The summed E-state index contributed by atoms with van der Waals surface area (Å²) in [6, 6.07) is 9.96. The maximum absolute atomic E-state index is 11.7. The number of carbonyl (C=O) groups is 1. The van der Waals surface area contributed by atoms with Crippen LogP contribution < -0.4 is 5.43 Å². The number of amides is 1. The fraction of sp³-hybridized carbons (Fsp3) is 0.235. The molecule has 1 amide bonds. The number of hydrazone groups is 1. The summed E-state index contributed by atoms with van der Waals surface area (Å²) in [6.45, 7) is 2.34. The summed E-state index contributed by atoms with van der Waals surface area (Å²) in [4.78, 5) is 20.3. The normalized spacial score (nSPS) is 11.7. The molecule has 0 aliphatic carbocycles. The Bertz CT molecular complexity index is 879. The lowest BCUT2D eigenvalue weighted by Gasteiger charge is -2.06. The van der Waals surface area contributed by atoms with E-state index in [1.165, 1.54) is 4.88 Å². The standard InChI is InChI=1S/C17H19N5OS/c1-12-10-22-14(9-18-20-15(23)11-21(2)3)16(19-17(22)24-12)13-7-5-4-6-8-13/h4-10H,11H2,1-3H3,(H,20,23). The molecule has 0 saturated carbocycles. The number of imidazole rings is 1. The van der Waals surface area contributed by atoms with Gasteiger partial charge in [-0.3, -0.25) is 9.20 Å². The van der Waals surface area contributed by atoms with Gasteiger partial charge in [-0.1, -0.05) is 30.3 Å². The predicted molar refractivity (Wildman–Crippen MR) is 97.5 cm³/mol. The molecule has 2 heterocycles. The summed E-state index contributed by atoms with van der Waals surface area (Å²) in [5.74, 6) is -0.153. The van der Waals surface area contributed by atoms with E-state index in [1.54, 1.807) is 22.5 Å². The number of hydrogen-bond donors (Lipinski definition) is 1. The van der Waals surface area contributed by atoms with E-state index in [2.05, 4.69) is 10.5 Å². The molecule has 7 heteroatoms. The molecule has 6 nitrogen and oxygen atoms in total. The number of aromatic nitrogens is 2. The van der Waals surface area contributed by atoms with Crippen LogP contribution in [0.3, 0.4) is 0 Å². The average Bonchev–Trinajstić information content (AvgIpc) is 3.04. The Balaban J connectivity index is 1.94. The number of rotatable bonds is 5. The van der Waals surface area contributed by atoms with Crippen LogP contribution in [-0.2, 0) is 4.79 Å². The highest BCUT2D eigenvalue weighted by atomic mass is 32.1. The number of thiazole rings is 1. The number of nitrogens with one attached hydrogen (secondary N) is 1. The summed E-state index contributed by atoms with van der Waals surface area (Å²) in [6.07, 6.45) is 3.69. The van der Waals surface area contributed by atoms with E-state index in [9.17, 15) is 4.79 Å². The number of likely N-dealkylation sites (N-methyl/N-ethyl adjacent to an activating group) is 1. The van der Waals surface area contributed by atoms with Crippen molar-refractivity contribution in [3.63, 3.8) is 0 Å². The summed E-state index contributed by atoms with van der Waals surface area (Å²) in [7, 11) is 3.68. The summed E-state index contributed by atoms with van der Waals surface area (Å²) < 4.78 is 2.00. The van der Waals surface area contributed by atoms with Crippen LogP contribution in [0.2, 0.25) is 0 Å². The maximum Gasteiger partial charge on any atom is 0.254 e. The van der Waals surface area contributed by atoms with Crippen LogP contribution >= 0.6 is 11.3 Å². The highest BCUT2D eigenvalue weighted by Crippen LogP contribution is 2.27. The van der Waals surface area contributed by atoms with Crippen LogP contribution in [0.5, 0.6) is 0 Å². The van der Waals surface area contributed by atoms with Crippen LogP contribution in [-0.4, -0.2) is 47.0 Å². The Morgan fingerprint density at radius 2 is 2.12 bits per heavy atom. The quantitative estimate of drug-likeness (QED) is 0.572. The first kappa shape index (κ1) is 16.4. The third-order valence-corrected chi connectivity index (χ3v) is 4.26. The maximum atomic E-state index is 11.7. The van der Waals surface area contributed by atoms with Crippen molar-refractivity contribution in [2.75, 3.05) is 20.6 Å². The number of nitrogens with zero attached hydrogens (tertiary/aromatic N) is 4. The second kappa shape index (κ2) is 6.94. The van der Waals surface area contributed by atoms with E-state index in [0.717, 1.165) is 21.9 Å². The number of hydrogen-bond acceptors (Lipinski definition) is 5. The Labute approximate surface area is 144 Å². The Morgan fingerprint density at radius 3 is 2.83 bits per heavy atom. The number of fused-ring (bicyclic) bond motifs is 1. The van der Waals surface area contributed by atoms with Gasteiger partial charge in [0.25, 0.3) is 5.91 Å². The van der Waals surface area contributed by atoms with Gasteiger partial charge in [0.2, 0.25) is 0 Å². The van der Waals surface area contributed by atoms with Crippen LogP contribution in [0.15, 0.2) is 41.6 Å². The fourth-order valence-electron chi connectivity index (χ4n) is 2.39. The molecule has 1 N–H and O–H groups in total. The smallest absolute Gasteiger partial charge is 0.254 e.